The molecule has 2 amide bonds. The van der Waals surface area contributed by atoms with E-state index in [2.05, 4.69) is 29.5 Å². The lowest BCUT2D eigenvalue weighted by Gasteiger charge is -2.30. The molecule has 0 spiro atoms. The molecule has 1 saturated carbocycles. The number of aromatic nitrogens is 2. The highest BCUT2D eigenvalue weighted by Crippen LogP contribution is 2.24. The van der Waals surface area contributed by atoms with Gasteiger partial charge in [-0.3, -0.25) is 9.59 Å². The summed E-state index contributed by atoms with van der Waals surface area (Å²) in [7, 11) is 0. The fourth-order valence-electron chi connectivity index (χ4n) is 3.30. The predicted octanol–water partition coefficient (Wildman–Crippen LogP) is 1.89. The maximum atomic E-state index is 12.3. The molecule has 1 aromatic heterocycles. The minimum Gasteiger partial charge on any atom is -0.353 e. The van der Waals surface area contributed by atoms with Crippen LogP contribution in [0.3, 0.4) is 0 Å². The Morgan fingerprint density at radius 1 is 1.33 bits per heavy atom. The third-order valence-electron chi connectivity index (χ3n) is 5.14. The van der Waals surface area contributed by atoms with Crippen molar-refractivity contribution < 1.29 is 9.59 Å². The van der Waals surface area contributed by atoms with Crippen molar-refractivity contribution in [3.8, 4) is 0 Å². The van der Waals surface area contributed by atoms with Gasteiger partial charge in [0.05, 0.1) is 17.9 Å². The molecule has 2 aliphatic rings. The van der Waals surface area contributed by atoms with Crippen LogP contribution in [0, 0.1) is 11.8 Å². The Hall–Kier alpha value is -1.85. The molecule has 2 N–H and O–H groups in total. The van der Waals surface area contributed by atoms with Crippen molar-refractivity contribution in [3.05, 3.63) is 17.7 Å². The lowest BCUT2D eigenvalue weighted by molar-refractivity contribution is -0.127. The number of carbonyl (C=O) groups excluding carboxylic acids is 2. The van der Waals surface area contributed by atoms with Gasteiger partial charge in [0.25, 0.3) is 5.91 Å². The van der Waals surface area contributed by atoms with E-state index in [0.29, 0.717) is 30.7 Å². The number of rotatable bonds is 6. The average Bonchev–Trinajstić information content (AvgIpc) is 2.93. The molecule has 0 radical (unpaired) electrons. The zero-order chi connectivity index (χ0) is 17.1. The van der Waals surface area contributed by atoms with Gasteiger partial charge in [0.1, 0.15) is 5.69 Å². The summed E-state index contributed by atoms with van der Waals surface area (Å²) in [6.07, 6.45) is 7.62. The number of amides is 2. The molecule has 1 aliphatic carbocycles. The molecular formula is C18H28N4O2. The van der Waals surface area contributed by atoms with E-state index in [1.54, 1.807) is 6.33 Å². The van der Waals surface area contributed by atoms with E-state index in [0.717, 1.165) is 37.8 Å². The van der Waals surface area contributed by atoms with Crippen LogP contribution in [-0.4, -0.2) is 34.0 Å². The number of fused-ring (bicyclic) bond motifs is 1. The van der Waals surface area contributed by atoms with Crippen molar-refractivity contribution >= 4 is 11.8 Å². The minimum absolute atomic E-state index is 0.0100. The van der Waals surface area contributed by atoms with Crippen LogP contribution < -0.4 is 10.6 Å². The standard InChI is InChI=1S/C18H28N4O2/c1-12(2)8-9-19-18(24)16-15-7-6-13(10-22(15)11-20-16)17(23)21-14-4-3-5-14/h11-14H,3-10H2,1-2H3,(H,19,24)(H,21,23). The van der Waals surface area contributed by atoms with Gasteiger partial charge < -0.3 is 15.2 Å². The molecule has 1 aromatic rings. The fourth-order valence-corrected chi connectivity index (χ4v) is 3.30. The second-order valence-electron chi connectivity index (χ2n) is 7.50. The summed E-state index contributed by atoms with van der Waals surface area (Å²) in [5, 5.41) is 6.08. The van der Waals surface area contributed by atoms with Crippen LogP contribution in [0.5, 0.6) is 0 Å². The van der Waals surface area contributed by atoms with Crippen molar-refractivity contribution in [2.24, 2.45) is 11.8 Å². The van der Waals surface area contributed by atoms with Gasteiger partial charge in [-0.05, 0) is 44.4 Å². The van der Waals surface area contributed by atoms with Crippen LogP contribution in [0.2, 0.25) is 0 Å². The molecule has 2 heterocycles. The Kier molecular flexibility index (Phi) is 5.21. The van der Waals surface area contributed by atoms with Gasteiger partial charge in [-0.15, -0.1) is 0 Å². The summed E-state index contributed by atoms with van der Waals surface area (Å²) >= 11 is 0. The first-order valence-corrected chi connectivity index (χ1v) is 9.17. The molecule has 6 heteroatoms. The van der Waals surface area contributed by atoms with Crippen LogP contribution >= 0.6 is 0 Å². The Morgan fingerprint density at radius 3 is 2.79 bits per heavy atom. The van der Waals surface area contributed by atoms with Gasteiger partial charge in [0.15, 0.2) is 0 Å². The van der Waals surface area contributed by atoms with Crippen LogP contribution in [-0.2, 0) is 17.8 Å². The number of hydrogen-bond donors (Lipinski definition) is 2. The van der Waals surface area contributed by atoms with Crippen molar-refractivity contribution in [3.63, 3.8) is 0 Å². The third kappa shape index (κ3) is 3.79. The summed E-state index contributed by atoms with van der Waals surface area (Å²) in [6.45, 7) is 5.58. The van der Waals surface area contributed by atoms with Crippen molar-refractivity contribution in [1.82, 2.24) is 20.2 Å². The Labute approximate surface area is 143 Å². The molecule has 1 unspecified atom stereocenters. The second kappa shape index (κ2) is 7.36. The van der Waals surface area contributed by atoms with E-state index in [9.17, 15) is 9.59 Å². The van der Waals surface area contributed by atoms with Crippen molar-refractivity contribution in [2.75, 3.05) is 6.54 Å². The molecule has 6 nitrogen and oxygen atoms in total. The first-order chi connectivity index (χ1) is 11.5. The van der Waals surface area contributed by atoms with E-state index in [4.69, 9.17) is 0 Å². The molecule has 0 saturated heterocycles. The molecule has 1 atom stereocenters. The third-order valence-corrected chi connectivity index (χ3v) is 5.14. The van der Waals surface area contributed by atoms with Crippen LogP contribution in [0.4, 0.5) is 0 Å². The maximum absolute atomic E-state index is 12.3. The number of imidazole rings is 1. The van der Waals surface area contributed by atoms with Gasteiger partial charge in [0.2, 0.25) is 5.91 Å². The van der Waals surface area contributed by atoms with Crippen LogP contribution in [0.25, 0.3) is 0 Å². The SMILES string of the molecule is CC(C)CCNC(=O)c1ncn2c1CCC(C(=O)NC1CCC1)C2. The minimum atomic E-state index is -0.0956. The molecule has 0 bridgehead atoms. The smallest absolute Gasteiger partial charge is 0.271 e. The van der Waals surface area contributed by atoms with E-state index >= 15 is 0 Å². The van der Waals surface area contributed by atoms with Gasteiger partial charge >= 0.3 is 0 Å². The number of hydrogen-bond acceptors (Lipinski definition) is 3. The summed E-state index contributed by atoms with van der Waals surface area (Å²) in [4.78, 5) is 28.9. The van der Waals surface area contributed by atoms with E-state index in [1.165, 1.54) is 6.42 Å². The molecule has 0 aromatic carbocycles. The van der Waals surface area contributed by atoms with Crippen LogP contribution in [0.1, 0.15) is 62.1 Å². The van der Waals surface area contributed by atoms with E-state index in [-0.39, 0.29) is 17.7 Å². The molecule has 1 fully saturated rings. The van der Waals surface area contributed by atoms with Gasteiger partial charge in [0, 0.05) is 19.1 Å². The predicted molar refractivity (Wildman–Crippen MR) is 91.6 cm³/mol. The quantitative estimate of drug-likeness (QED) is 0.835. The zero-order valence-corrected chi connectivity index (χ0v) is 14.7. The summed E-state index contributed by atoms with van der Waals surface area (Å²) < 4.78 is 1.98. The molecule has 1 aliphatic heterocycles. The van der Waals surface area contributed by atoms with Crippen molar-refractivity contribution in [2.45, 2.75) is 65.0 Å². The molecule has 24 heavy (non-hydrogen) atoms. The summed E-state index contributed by atoms with van der Waals surface area (Å²) in [5.41, 5.74) is 1.49. The Morgan fingerprint density at radius 2 is 2.12 bits per heavy atom. The first-order valence-electron chi connectivity index (χ1n) is 9.17. The summed E-state index contributed by atoms with van der Waals surface area (Å²) in [5.74, 6) is 0.615. The number of carbonyl (C=O) groups is 2. The zero-order valence-electron chi connectivity index (χ0n) is 14.7. The van der Waals surface area contributed by atoms with E-state index in [1.807, 2.05) is 4.57 Å². The molecule has 132 valence electrons. The lowest BCUT2D eigenvalue weighted by Crippen LogP contribution is -2.44. The fraction of sp³-hybridized carbons (Fsp3) is 0.722. The second-order valence-corrected chi connectivity index (χ2v) is 7.50. The number of nitrogens with zero attached hydrogens (tertiary/aromatic N) is 2. The largest absolute Gasteiger partial charge is 0.353 e. The number of nitrogens with one attached hydrogen (secondary N) is 2. The monoisotopic (exact) mass is 332 g/mol. The highest BCUT2D eigenvalue weighted by atomic mass is 16.2. The van der Waals surface area contributed by atoms with Gasteiger partial charge in [-0.2, -0.15) is 0 Å². The van der Waals surface area contributed by atoms with Gasteiger partial charge in [-0.1, -0.05) is 13.8 Å². The molecular weight excluding hydrogens is 304 g/mol. The Bertz CT molecular complexity index is 604. The summed E-state index contributed by atoms with van der Waals surface area (Å²) in [6, 6.07) is 0.379. The first kappa shape index (κ1) is 17.0. The van der Waals surface area contributed by atoms with Crippen LogP contribution in [0.15, 0.2) is 6.33 Å². The lowest BCUT2D eigenvalue weighted by atomic mass is 9.91. The highest BCUT2D eigenvalue weighted by Gasteiger charge is 2.30. The molecule has 3 rings (SSSR count). The maximum Gasteiger partial charge on any atom is 0.271 e. The van der Waals surface area contributed by atoms with E-state index < -0.39 is 0 Å². The average molecular weight is 332 g/mol. The normalized spacial score (nSPS) is 20.4. The Balaban J connectivity index is 1.57. The van der Waals surface area contributed by atoms with Gasteiger partial charge in [-0.25, -0.2) is 4.98 Å². The van der Waals surface area contributed by atoms with Crippen molar-refractivity contribution in [1.29, 1.82) is 0 Å². The topological polar surface area (TPSA) is 76.0 Å². The highest BCUT2D eigenvalue weighted by molar-refractivity contribution is 5.93.